The molecular formula is C11H18O4. The van der Waals surface area contributed by atoms with Crippen molar-refractivity contribution in [2.75, 3.05) is 14.2 Å². The molecule has 0 aromatic rings. The molecule has 4 nitrogen and oxygen atoms in total. The van der Waals surface area contributed by atoms with Gasteiger partial charge in [0, 0.05) is 7.11 Å². The molecule has 0 atom stereocenters. The Morgan fingerprint density at radius 1 is 1.33 bits per heavy atom. The van der Waals surface area contributed by atoms with Crippen LogP contribution in [-0.2, 0) is 14.3 Å². The molecule has 1 N–H and O–H groups in total. The van der Waals surface area contributed by atoms with Crippen LogP contribution in [0.25, 0.3) is 0 Å². The molecule has 0 bridgehead atoms. The Hall–Kier alpha value is -0.610. The molecule has 86 valence electrons. The van der Waals surface area contributed by atoms with Crippen molar-refractivity contribution in [3.05, 3.63) is 0 Å². The van der Waals surface area contributed by atoms with Crippen LogP contribution in [0.4, 0.5) is 0 Å². The van der Waals surface area contributed by atoms with Crippen molar-refractivity contribution in [2.24, 2.45) is 5.41 Å². The highest BCUT2D eigenvalue weighted by molar-refractivity contribution is 5.80. The zero-order valence-corrected chi connectivity index (χ0v) is 9.28. The quantitative estimate of drug-likeness (QED) is 0.708. The summed E-state index contributed by atoms with van der Waals surface area (Å²) >= 11 is 0. The van der Waals surface area contributed by atoms with Crippen molar-refractivity contribution in [2.45, 2.75) is 43.8 Å². The summed E-state index contributed by atoms with van der Waals surface area (Å²) in [5.74, 6) is -0.280. The molecule has 0 aliphatic heterocycles. The van der Waals surface area contributed by atoms with E-state index in [0.29, 0.717) is 25.7 Å². The molecule has 0 aromatic heterocycles. The summed E-state index contributed by atoms with van der Waals surface area (Å²) in [6.45, 7) is 0. The predicted molar refractivity (Wildman–Crippen MR) is 53.3 cm³/mol. The van der Waals surface area contributed by atoms with Crippen molar-refractivity contribution < 1.29 is 19.4 Å². The summed E-state index contributed by atoms with van der Waals surface area (Å²) < 4.78 is 10.00. The summed E-state index contributed by atoms with van der Waals surface area (Å²) in [6, 6.07) is 0. The van der Waals surface area contributed by atoms with Crippen LogP contribution < -0.4 is 0 Å². The zero-order valence-electron chi connectivity index (χ0n) is 9.28. The number of carbonyl (C=O) groups excluding carboxylic acids is 1. The first kappa shape index (κ1) is 10.9. The molecule has 2 saturated carbocycles. The van der Waals surface area contributed by atoms with E-state index in [4.69, 9.17) is 9.47 Å². The fourth-order valence-corrected chi connectivity index (χ4v) is 2.81. The Kier molecular flexibility index (Phi) is 2.51. The minimum atomic E-state index is -0.838. The minimum absolute atomic E-state index is 0.0914. The summed E-state index contributed by atoms with van der Waals surface area (Å²) in [5.41, 5.74) is -1.53. The largest absolute Gasteiger partial charge is 0.469 e. The van der Waals surface area contributed by atoms with Gasteiger partial charge in [0.2, 0.25) is 0 Å². The molecule has 0 saturated heterocycles. The summed E-state index contributed by atoms with van der Waals surface area (Å²) in [7, 11) is 3.02. The predicted octanol–water partition coefficient (Wildman–Crippen LogP) is 0.870. The van der Waals surface area contributed by atoms with Crippen LogP contribution in [0.2, 0.25) is 0 Å². The number of esters is 1. The second-order valence-electron chi connectivity index (χ2n) is 4.72. The number of hydrogen-bond acceptors (Lipinski definition) is 4. The number of hydrogen-bond donors (Lipinski definition) is 1. The van der Waals surface area contributed by atoms with Crippen molar-refractivity contribution in [3.8, 4) is 0 Å². The lowest BCUT2D eigenvalue weighted by molar-refractivity contribution is -0.227. The van der Waals surface area contributed by atoms with E-state index in [-0.39, 0.29) is 12.1 Å². The molecule has 2 rings (SSSR count). The van der Waals surface area contributed by atoms with Gasteiger partial charge in [-0.05, 0) is 32.1 Å². The van der Waals surface area contributed by atoms with Gasteiger partial charge in [0.25, 0.3) is 0 Å². The van der Waals surface area contributed by atoms with Gasteiger partial charge in [-0.3, -0.25) is 4.79 Å². The fraction of sp³-hybridized carbons (Fsp3) is 0.909. The maximum atomic E-state index is 11.8. The van der Waals surface area contributed by atoms with Crippen molar-refractivity contribution in [3.63, 3.8) is 0 Å². The molecule has 0 aromatic carbocycles. The highest BCUT2D eigenvalue weighted by Gasteiger charge is 2.65. The summed E-state index contributed by atoms with van der Waals surface area (Å²) in [4.78, 5) is 11.8. The van der Waals surface area contributed by atoms with Crippen LogP contribution in [0.3, 0.4) is 0 Å². The van der Waals surface area contributed by atoms with Gasteiger partial charge in [-0.15, -0.1) is 0 Å². The Balaban J connectivity index is 2.15. The highest BCUT2D eigenvalue weighted by atomic mass is 16.5. The number of ether oxygens (including phenoxy) is 2. The fourth-order valence-electron chi connectivity index (χ4n) is 2.81. The van der Waals surface area contributed by atoms with Gasteiger partial charge < -0.3 is 14.6 Å². The first-order valence-electron chi connectivity index (χ1n) is 5.41. The van der Waals surface area contributed by atoms with Gasteiger partial charge in [-0.25, -0.2) is 0 Å². The van der Waals surface area contributed by atoms with E-state index in [1.807, 2.05) is 0 Å². The molecule has 0 unspecified atom stereocenters. The maximum Gasteiger partial charge on any atom is 0.314 e. The standard InChI is InChI=1S/C11H18O4/c1-14-8-6-10(7-8,9(12)15-2)11(13)4-3-5-11/h8,13H,3-7H2,1-2H3. The van der Waals surface area contributed by atoms with E-state index in [2.05, 4.69) is 0 Å². The third-order valence-electron chi connectivity index (χ3n) is 4.13. The average molecular weight is 214 g/mol. The van der Waals surface area contributed by atoms with Gasteiger partial charge in [0.1, 0.15) is 5.41 Å². The van der Waals surface area contributed by atoms with Crippen LogP contribution in [0.15, 0.2) is 0 Å². The van der Waals surface area contributed by atoms with Gasteiger partial charge in [0.15, 0.2) is 0 Å². The Morgan fingerprint density at radius 3 is 2.27 bits per heavy atom. The van der Waals surface area contributed by atoms with E-state index in [1.165, 1.54) is 7.11 Å². The molecule has 0 spiro atoms. The lowest BCUT2D eigenvalue weighted by atomic mass is 9.51. The molecular weight excluding hydrogens is 196 g/mol. The molecule has 4 heteroatoms. The van der Waals surface area contributed by atoms with Crippen molar-refractivity contribution in [1.29, 1.82) is 0 Å². The van der Waals surface area contributed by atoms with Gasteiger partial charge in [-0.2, -0.15) is 0 Å². The third kappa shape index (κ3) is 1.31. The number of methoxy groups -OCH3 is 2. The van der Waals surface area contributed by atoms with Crippen molar-refractivity contribution in [1.82, 2.24) is 0 Å². The van der Waals surface area contributed by atoms with Crippen molar-refractivity contribution >= 4 is 5.97 Å². The van der Waals surface area contributed by atoms with Crippen LogP contribution in [0, 0.1) is 5.41 Å². The minimum Gasteiger partial charge on any atom is -0.469 e. The van der Waals surface area contributed by atoms with Crippen LogP contribution >= 0.6 is 0 Å². The van der Waals surface area contributed by atoms with E-state index in [0.717, 1.165) is 6.42 Å². The smallest absolute Gasteiger partial charge is 0.314 e. The van der Waals surface area contributed by atoms with Gasteiger partial charge in [-0.1, -0.05) is 0 Å². The lowest BCUT2D eigenvalue weighted by Crippen LogP contribution is -2.65. The lowest BCUT2D eigenvalue weighted by Gasteiger charge is -2.57. The normalized spacial score (nSPS) is 37.7. The van der Waals surface area contributed by atoms with Crippen LogP contribution in [-0.4, -0.2) is 37.0 Å². The molecule has 2 fully saturated rings. The van der Waals surface area contributed by atoms with Gasteiger partial charge in [0.05, 0.1) is 18.8 Å². The molecule has 0 radical (unpaired) electrons. The Labute approximate surface area is 89.6 Å². The molecule has 2 aliphatic carbocycles. The molecule has 0 amide bonds. The van der Waals surface area contributed by atoms with E-state index in [1.54, 1.807) is 7.11 Å². The molecule has 15 heavy (non-hydrogen) atoms. The first-order valence-corrected chi connectivity index (χ1v) is 5.41. The van der Waals surface area contributed by atoms with E-state index in [9.17, 15) is 9.90 Å². The van der Waals surface area contributed by atoms with Gasteiger partial charge >= 0.3 is 5.97 Å². The van der Waals surface area contributed by atoms with E-state index < -0.39 is 11.0 Å². The third-order valence-corrected chi connectivity index (χ3v) is 4.13. The molecule has 2 aliphatic rings. The Bertz CT molecular complexity index is 264. The second-order valence-corrected chi connectivity index (χ2v) is 4.72. The zero-order chi connectivity index (χ0) is 11.1. The summed E-state index contributed by atoms with van der Waals surface area (Å²) in [5, 5.41) is 10.3. The summed E-state index contributed by atoms with van der Waals surface area (Å²) in [6.07, 6.45) is 3.68. The second kappa shape index (κ2) is 3.46. The average Bonchev–Trinajstić information content (AvgIpc) is 2.13. The number of aliphatic hydroxyl groups is 1. The highest BCUT2D eigenvalue weighted by Crippen LogP contribution is 2.58. The molecule has 0 heterocycles. The number of rotatable bonds is 3. The number of carbonyl (C=O) groups is 1. The maximum absolute atomic E-state index is 11.8. The topological polar surface area (TPSA) is 55.8 Å². The van der Waals surface area contributed by atoms with E-state index >= 15 is 0 Å². The SMILES string of the molecule is COC(=O)C1(C2(O)CCC2)CC(OC)C1. The van der Waals surface area contributed by atoms with Crippen LogP contribution in [0.1, 0.15) is 32.1 Å². The monoisotopic (exact) mass is 214 g/mol. The first-order chi connectivity index (χ1) is 7.08. The Morgan fingerprint density at radius 2 is 1.93 bits per heavy atom. The van der Waals surface area contributed by atoms with Crippen LogP contribution in [0.5, 0.6) is 0 Å².